The van der Waals surface area contributed by atoms with Crippen LogP contribution in [0.2, 0.25) is 0 Å². The zero-order valence-electron chi connectivity index (χ0n) is 11.6. The van der Waals surface area contributed by atoms with Gasteiger partial charge in [0.05, 0.1) is 16.9 Å². The van der Waals surface area contributed by atoms with Gasteiger partial charge in [0.2, 0.25) is 0 Å². The lowest BCUT2D eigenvalue weighted by Crippen LogP contribution is -2.22. The Balaban J connectivity index is 1.80. The number of nitrogen functional groups attached to an aromatic ring is 1. The van der Waals surface area contributed by atoms with Gasteiger partial charge in [0.1, 0.15) is 4.88 Å². The predicted molar refractivity (Wildman–Crippen MR) is 88.9 cm³/mol. The van der Waals surface area contributed by atoms with Crippen LogP contribution >= 0.6 is 22.7 Å². The quantitative estimate of drug-likeness (QED) is 0.774. The van der Waals surface area contributed by atoms with Crippen LogP contribution < -0.4 is 11.1 Å². The minimum atomic E-state index is -0.121. The summed E-state index contributed by atoms with van der Waals surface area (Å²) >= 11 is 3.05. The molecule has 0 radical (unpaired) electrons. The third-order valence-corrected chi connectivity index (χ3v) is 5.48. The van der Waals surface area contributed by atoms with Gasteiger partial charge in [0.25, 0.3) is 5.91 Å². The van der Waals surface area contributed by atoms with Crippen LogP contribution in [0, 0.1) is 0 Å². The lowest BCUT2D eigenvalue weighted by atomic mass is 10.2. The van der Waals surface area contributed by atoms with Gasteiger partial charge in [0, 0.05) is 22.7 Å². The molecule has 0 fully saturated rings. The summed E-state index contributed by atoms with van der Waals surface area (Å²) in [6, 6.07) is 3.94. The van der Waals surface area contributed by atoms with E-state index in [9.17, 15) is 4.79 Å². The van der Waals surface area contributed by atoms with Crippen molar-refractivity contribution < 1.29 is 4.79 Å². The zero-order chi connectivity index (χ0) is 14.8. The Morgan fingerprint density at radius 2 is 2.29 bits per heavy atom. The molecule has 0 saturated carbocycles. The topological polar surface area (TPSA) is 68.0 Å². The molecule has 3 N–H and O–H groups in total. The van der Waals surface area contributed by atoms with Gasteiger partial charge in [-0.1, -0.05) is 6.92 Å². The maximum absolute atomic E-state index is 12.3. The van der Waals surface area contributed by atoms with Crippen molar-refractivity contribution in [1.29, 1.82) is 0 Å². The number of nitrogens with two attached hydrogens (primary N) is 1. The van der Waals surface area contributed by atoms with Crippen LogP contribution in [0.5, 0.6) is 0 Å². The Kier molecular flexibility index (Phi) is 3.90. The molecular formula is C15H15N3OS2. The first-order valence-electron chi connectivity index (χ1n) is 6.66. The van der Waals surface area contributed by atoms with Crippen LogP contribution in [0.3, 0.4) is 0 Å². The molecule has 0 aromatic carbocycles. The van der Waals surface area contributed by atoms with E-state index in [4.69, 9.17) is 5.73 Å². The number of carbonyl (C=O) groups is 1. The first-order valence-corrected chi connectivity index (χ1v) is 8.35. The van der Waals surface area contributed by atoms with Crippen LogP contribution in [0.25, 0.3) is 10.1 Å². The second kappa shape index (κ2) is 5.83. The second-order valence-corrected chi connectivity index (χ2v) is 6.67. The molecule has 0 aliphatic rings. The van der Waals surface area contributed by atoms with Crippen LogP contribution in [0.15, 0.2) is 29.9 Å². The largest absolute Gasteiger partial charge is 0.397 e. The first kappa shape index (κ1) is 14.0. The highest BCUT2D eigenvalue weighted by Gasteiger charge is 2.16. The van der Waals surface area contributed by atoms with E-state index >= 15 is 0 Å². The molecule has 3 heterocycles. The Morgan fingerprint density at radius 3 is 3.05 bits per heavy atom. The van der Waals surface area contributed by atoms with E-state index in [1.54, 1.807) is 23.7 Å². The highest BCUT2D eigenvalue weighted by molar-refractivity contribution is 7.21. The molecule has 108 valence electrons. The van der Waals surface area contributed by atoms with Gasteiger partial charge < -0.3 is 11.1 Å². The van der Waals surface area contributed by atoms with Crippen molar-refractivity contribution in [3.8, 4) is 0 Å². The average Bonchev–Trinajstić information content (AvgIpc) is 3.09. The van der Waals surface area contributed by atoms with Crippen molar-refractivity contribution in [3.05, 3.63) is 45.2 Å². The number of nitrogens with zero attached hydrogens (tertiary/aromatic N) is 1. The number of fused-ring (bicyclic) bond motifs is 1. The third-order valence-electron chi connectivity index (χ3n) is 3.37. The van der Waals surface area contributed by atoms with Crippen LogP contribution in [-0.4, -0.2) is 10.9 Å². The van der Waals surface area contributed by atoms with Gasteiger partial charge in [-0.25, -0.2) is 0 Å². The molecule has 1 amide bonds. The number of nitrogens with one attached hydrogen (secondary N) is 1. The molecule has 6 heteroatoms. The number of aromatic nitrogens is 1. The van der Waals surface area contributed by atoms with Gasteiger partial charge in [-0.3, -0.25) is 9.78 Å². The fourth-order valence-corrected chi connectivity index (χ4v) is 4.14. The van der Waals surface area contributed by atoms with Gasteiger partial charge >= 0.3 is 0 Å². The highest BCUT2D eigenvalue weighted by Crippen LogP contribution is 2.32. The summed E-state index contributed by atoms with van der Waals surface area (Å²) in [5.41, 5.74) is 7.89. The smallest absolute Gasteiger partial charge is 0.263 e. The number of hydrogen-bond acceptors (Lipinski definition) is 5. The Bertz CT molecular complexity index is 791. The summed E-state index contributed by atoms with van der Waals surface area (Å²) in [7, 11) is 0. The van der Waals surface area contributed by atoms with E-state index < -0.39 is 0 Å². The maximum atomic E-state index is 12.3. The monoisotopic (exact) mass is 317 g/mol. The molecular weight excluding hydrogens is 302 g/mol. The standard InChI is InChI=1S/C15H15N3OS2/c1-2-9-4-6-20-11(9)8-18-15(19)14-13(16)10-3-5-17-7-12(10)21-14/h3-7H,2,8,16H2,1H3,(H,18,19). The van der Waals surface area contributed by atoms with Crippen molar-refractivity contribution in [2.75, 3.05) is 5.73 Å². The van der Waals surface area contributed by atoms with E-state index in [1.807, 2.05) is 6.07 Å². The fourth-order valence-electron chi connectivity index (χ4n) is 2.22. The summed E-state index contributed by atoms with van der Waals surface area (Å²) in [6.07, 6.45) is 4.40. The van der Waals surface area contributed by atoms with E-state index in [0.29, 0.717) is 17.1 Å². The molecule has 0 unspecified atom stereocenters. The van der Waals surface area contributed by atoms with Crippen molar-refractivity contribution in [2.24, 2.45) is 0 Å². The molecule has 4 nitrogen and oxygen atoms in total. The number of carbonyl (C=O) groups excluding carboxylic acids is 1. The molecule has 3 rings (SSSR count). The van der Waals surface area contributed by atoms with E-state index in [-0.39, 0.29) is 5.91 Å². The Morgan fingerprint density at radius 1 is 1.43 bits per heavy atom. The van der Waals surface area contributed by atoms with E-state index in [0.717, 1.165) is 16.5 Å². The summed E-state index contributed by atoms with van der Waals surface area (Å²) in [4.78, 5) is 18.2. The van der Waals surface area contributed by atoms with E-state index in [2.05, 4.69) is 28.7 Å². The minimum absolute atomic E-state index is 0.121. The van der Waals surface area contributed by atoms with Gasteiger partial charge in [-0.15, -0.1) is 22.7 Å². The zero-order valence-corrected chi connectivity index (χ0v) is 13.2. The predicted octanol–water partition coefficient (Wildman–Crippen LogP) is 3.43. The maximum Gasteiger partial charge on any atom is 0.263 e. The van der Waals surface area contributed by atoms with Crippen molar-refractivity contribution in [1.82, 2.24) is 10.3 Å². The summed E-state index contributed by atoms with van der Waals surface area (Å²) < 4.78 is 0.936. The molecule has 3 aromatic rings. The van der Waals surface area contributed by atoms with Crippen molar-refractivity contribution >= 4 is 44.4 Å². The van der Waals surface area contributed by atoms with Crippen molar-refractivity contribution in [3.63, 3.8) is 0 Å². The van der Waals surface area contributed by atoms with Crippen molar-refractivity contribution in [2.45, 2.75) is 19.9 Å². The number of hydrogen-bond donors (Lipinski definition) is 2. The van der Waals surface area contributed by atoms with Gasteiger partial charge in [0.15, 0.2) is 0 Å². The number of aryl methyl sites for hydroxylation is 1. The molecule has 0 aliphatic heterocycles. The average molecular weight is 317 g/mol. The minimum Gasteiger partial charge on any atom is -0.397 e. The SMILES string of the molecule is CCc1ccsc1CNC(=O)c1sc2cnccc2c1N. The van der Waals surface area contributed by atoms with Crippen LogP contribution in [0.1, 0.15) is 27.0 Å². The lowest BCUT2D eigenvalue weighted by Gasteiger charge is -2.04. The summed E-state index contributed by atoms with van der Waals surface area (Å²) in [5.74, 6) is -0.121. The number of anilines is 1. The van der Waals surface area contributed by atoms with Gasteiger partial charge in [-0.2, -0.15) is 0 Å². The lowest BCUT2D eigenvalue weighted by molar-refractivity contribution is 0.0956. The third kappa shape index (κ3) is 2.64. The van der Waals surface area contributed by atoms with E-state index in [1.165, 1.54) is 21.8 Å². The number of rotatable bonds is 4. The molecule has 0 atom stereocenters. The molecule has 21 heavy (non-hydrogen) atoms. The molecule has 3 aromatic heterocycles. The fraction of sp³-hybridized carbons (Fsp3) is 0.200. The van der Waals surface area contributed by atoms with Crippen LogP contribution in [0.4, 0.5) is 5.69 Å². The summed E-state index contributed by atoms with van der Waals surface area (Å²) in [5, 5.41) is 5.91. The second-order valence-electron chi connectivity index (χ2n) is 4.62. The Labute approximate surface area is 130 Å². The first-order chi connectivity index (χ1) is 10.2. The summed E-state index contributed by atoms with van der Waals surface area (Å²) in [6.45, 7) is 2.66. The Hall–Kier alpha value is -1.92. The molecule has 0 bridgehead atoms. The van der Waals surface area contributed by atoms with Gasteiger partial charge in [-0.05, 0) is 29.5 Å². The molecule has 0 spiro atoms. The number of pyridine rings is 1. The normalized spacial score (nSPS) is 10.9. The molecule has 0 aliphatic carbocycles. The van der Waals surface area contributed by atoms with Crippen LogP contribution in [-0.2, 0) is 13.0 Å². The number of amides is 1. The highest BCUT2D eigenvalue weighted by atomic mass is 32.1. The molecule has 0 saturated heterocycles. The number of thiophene rings is 2.